The third-order valence-electron chi connectivity index (χ3n) is 4.55. The normalized spacial score (nSPS) is 37.3. The summed E-state index contributed by atoms with van der Waals surface area (Å²) < 4.78 is 13.8. The molecule has 1 aliphatic carbocycles. The monoisotopic (exact) mass is 263 g/mol. The van der Waals surface area contributed by atoms with E-state index in [0.29, 0.717) is 24.5 Å². The molecule has 0 unspecified atom stereocenters. The number of fused-ring (bicyclic) bond motifs is 2. The minimum atomic E-state index is -0.684. The van der Waals surface area contributed by atoms with Gasteiger partial charge in [0.1, 0.15) is 12.5 Å². The molecule has 4 rings (SSSR count). The zero-order chi connectivity index (χ0) is 12.8. The first kappa shape index (κ1) is 11.5. The van der Waals surface area contributed by atoms with Gasteiger partial charge in [0.25, 0.3) is 0 Å². The number of rotatable bonds is 3. The summed E-state index contributed by atoms with van der Waals surface area (Å²) in [5, 5.41) is 11.5. The second-order valence-electron chi connectivity index (χ2n) is 5.95. The van der Waals surface area contributed by atoms with Gasteiger partial charge in [0, 0.05) is 24.2 Å². The second kappa shape index (κ2) is 4.37. The summed E-state index contributed by atoms with van der Waals surface area (Å²) in [4.78, 5) is 6.42. The maximum absolute atomic E-state index is 13.8. The van der Waals surface area contributed by atoms with Crippen LogP contribution >= 0.6 is 0 Å². The molecule has 0 radical (unpaired) electrons. The molecule has 1 N–H and O–H groups in total. The van der Waals surface area contributed by atoms with Gasteiger partial charge in [-0.1, -0.05) is 0 Å². The highest BCUT2D eigenvalue weighted by atomic mass is 19.1. The van der Waals surface area contributed by atoms with Crippen molar-refractivity contribution in [1.82, 2.24) is 20.5 Å². The van der Waals surface area contributed by atoms with Crippen molar-refractivity contribution in [2.45, 2.75) is 62.4 Å². The molecule has 19 heavy (non-hydrogen) atoms. The lowest BCUT2D eigenvalue weighted by Gasteiger charge is -2.38. The van der Waals surface area contributed by atoms with Crippen molar-refractivity contribution in [3.8, 4) is 0 Å². The van der Waals surface area contributed by atoms with E-state index in [4.69, 9.17) is 0 Å². The van der Waals surface area contributed by atoms with Gasteiger partial charge in [-0.15, -0.1) is 10.2 Å². The van der Waals surface area contributed by atoms with Crippen LogP contribution in [0.25, 0.3) is 0 Å². The average Bonchev–Trinajstić information content (AvgIpc) is 3.20. The molecule has 0 amide bonds. The fourth-order valence-electron chi connectivity index (χ4n) is 3.62. The minimum absolute atomic E-state index is 0.0228. The van der Waals surface area contributed by atoms with E-state index in [2.05, 4.69) is 25.4 Å². The molecule has 6 heteroatoms. The second-order valence-corrected chi connectivity index (χ2v) is 5.95. The number of piperidine rings is 1. The third-order valence-corrected chi connectivity index (χ3v) is 4.55. The van der Waals surface area contributed by atoms with Crippen molar-refractivity contribution in [3.63, 3.8) is 0 Å². The van der Waals surface area contributed by atoms with Gasteiger partial charge < -0.3 is 10.2 Å². The largest absolute Gasteiger partial charge is 0.348 e. The average molecular weight is 263 g/mol. The van der Waals surface area contributed by atoms with E-state index in [0.717, 1.165) is 18.7 Å². The van der Waals surface area contributed by atoms with Gasteiger partial charge in [-0.25, -0.2) is 9.37 Å². The highest BCUT2D eigenvalue weighted by Crippen LogP contribution is 2.38. The predicted molar refractivity (Wildman–Crippen MR) is 68.6 cm³/mol. The van der Waals surface area contributed by atoms with Gasteiger partial charge >= 0.3 is 0 Å². The van der Waals surface area contributed by atoms with E-state index < -0.39 is 6.17 Å². The van der Waals surface area contributed by atoms with Crippen LogP contribution in [0.5, 0.6) is 0 Å². The summed E-state index contributed by atoms with van der Waals surface area (Å²) >= 11 is 0. The maximum atomic E-state index is 13.8. The zero-order valence-corrected chi connectivity index (χ0v) is 10.7. The molecular formula is C13H18FN5. The Morgan fingerprint density at radius 1 is 1.21 bits per heavy atom. The molecule has 1 aromatic heterocycles. The number of hydrogen-bond donors (Lipinski definition) is 1. The Bertz CT molecular complexity index is 450. The number of nitrogens with zero attached hydrogens (tertiary/aromatic N) is 4. The highest BCUT2D eigenvalue weighted by Gasteiger charge is 2.45. The van der Waals surface area contributed by atoms with Crippen LogP contribution in [0.3, 0.4) is 0 Å². The smallest absolute Gasteiger partial charge is 0.170 e. The summed E-state index contributed by atoms with van der Waals surface area (Å²) in [6.45, 7) is 0. The molecular weight excluding hydrogens is 245 g/mol. The Morgan fingerprint density at radius 2 is 2.11 bits per heavy atom. The summed E-state index contributed by atoms with van der Waals surface area (Å²) in [7, 11) is 0. The van der Waals surface area contributed by atoms with Gasteiger partial charge in [-0.05, 0) is 32.1 Å². The lowest BCUT2D eigenvalue weighted by Crippen LogP contribution is -2.50. The first-order valence-electron chi connectivity index (χ1n) is 7.12. The van der Waals surface area contributed by atoms with Gasteiger partial charge in [0.15, 0.2) is 5.82 Å². The first-order chi connectivity index (χ1) is 9.31. The molecule has 1 saturated carbocycles. The van der Waals surface area contributed by atoms with Crippen LogP contribution in [0.2, 0.25) is 0 Å². The number of alkyl halides is 1. The molecule has 5 nitrogen and oxygen atoms in total. The van der Waals surface area contributed by atoms with Crippen LogP contribution in [0, 0.1) is 0 Å². The Hall–Kier alpha value is -1.30. The van der Waals surface area contributed by atoms with E-state index in [1.54, 1.807) is 6.20 Å². The van der Waals surface area contributed by atoms with E-state index in [1.807, 2.05) is 0 Å². The molecule has 0 spiro atoms. The summed E-state index contributed by atoms with van der Waals surface area (Å²) in [6.07, 6.45) is 7.49. The van der Waals surface area contributed by atoms with Crippen LogP contribution in [-0.4, -0.2) is 45.5 Å². The van der Waals surface area contributed by atoms with Gasteiger partial charge in [0.05, 0.1) is 6.20 Å². The van der Waals surface area contributed by atoms with Crippen molar-refractivity contribution in [3.05, 3.63) is 12.5 Å². The predicted octanol–water partition coefficient (Wildman–Crippen LogP) is 1.07. The molecule has 2 saturated heterocycles. The van der Waals surface area contributed by atoms with E-state index in [1.165, 1.54) is 19.2 Å². The van der Waals surface area contributed by atoms with Crippen LogP contribution in [0.1, 0.15) is 32.1 Å². The zero-order valence-electron chi connectivity index (χ0n) is 10.7. The maximum Gasteiger partial charge on any atom is 0.170 e. The molecule has 1 aromatic rings. The minimum Gasteiger partial charge on any atom is -0.348 e. The molecule has 4 atom stereocenters. The van der Waals surface area contributed by atoms with Gasteiger partial charge in [-0.3, -0.25) is 0 Å². The van der Waals surface area contributed by atoms with E-state index in [9.17, 15) is 4.39 Å². The summed E-state index contributed by atoms with van der Waals surface area (Å²) in [6, 6.07) is 1.28. The fraction of sp³-hybridized carbons (Fsp3) is 0.769. The standard InChI is InChI=1S/C13H18FN5/c14-11-4-8-3-10(5-12(11)17-8)19(9-1-2-9)13-6-15-7-16-18-13/h6-12,17H,1-5H2/t8-,10+,11+,12+/m0/s1. The molecule has 3 fully saturated rings. The van der Waals surface area contributed by atoms with Gasteiger partial charge in [0.2, 0.25) is 0 Å². The van der Waals surface area contributed by atoms with E-state index in [-0.39, 0.29) is 6.04 Å². The summed E-state index contributed by atoms with van der Waals surface area (Å²) in [5.41, 5.74) is 0. The molecule has 102 valence electrons. The molecule has 3 aliphatic rings. The van der Waals surface area contributed by atoms with Crippen molar-refractivity contribution in [2.24, 2.45) is 0 Å². The number of aromatic nitrogens is 3. The van der Waals surface area contributed by atoms with Crippen molar-refractivity contribution in [1.29, 1.82) is 0 Å². The molecule has 2 aliphatic heterocycles. The Morgan fingerprint density at radius 3 is 2.79 bits per heavy atom. The number of hydrogen-bond acceptors (Lipinski definition) is 5. The van der Waals surface area contributed by atoms with Crippen molar-refractivity contribution < 1.29 is 4.39 Å². The Balaban J connectivity index is 1.59. The Kier molecular flexibility index (Phi) is 2.65. The summed E-state index contributed by atoms with van der Waals surface area (Å²) in [5.74, 6) is 0.853. The lowest BCUT2D eigenvalue weighted by molar-refractivity contribution is 0.271. The highest BCUT2D eigenvalue weighted by molar-refractivity contribution is 5.40. The molecule has 2 bridgehead atoms. The van der Waals surface area contributed by atoms with Gasteiger partial charge in [-0.2, -0.15) is 0 Å². The number of anilines is 1. The third kappa shape index (κ3) is 2.08. The SMILES string of the molecule is F[C@@H]1C[C@@H]2C[C@@H](N(c3cncnn3)C3CC3)C[C@H]1N2. The number of nitrogens with one attached hydrogen (secondary N) is 1. The van der Waals surface area contributed by atoms with Crippen LogP contribution in [0.15, 0.2) is 12.5 Å². The quantitative estimate of drug-likeness (QED) is 0.884. The van der Waals surface area contributed by atoms with Crippen molar-refractivity contribution in [2.75, 3.05) is 4.90 Å². The molecule has 0 aromatic carbocycles. The first-order valence-corrected chi connectivity index (χ1v) is 7.12. The van der Waals surface area contributed by atoms with E-state index >= 15 is 0 Å². The van der Waals surface area contributed by atoms with Crippen LogP contribution in [-0.2, 0) is 0 Å². The van der Waals surface area contributed by atoms with Crippen molar-refractivity contribution >= 4 is 5.82 Å². The topological polar surface area (TPSA) is 53.9 Å². The van der Waals surface area contributed by atoms with Crippen LogP contribution in [0.4, 0.5) is 10.2 Å². The molecule has 3 heterocycles. The van der Waals surface area contributed by atoms with Crippen LogP contribution < -0.4 is 10.2 Å². The number of halogens is 1. The fourth-order valence-corrected chi connectivity index (χ4v) is 3.62. The lowest BCUT2D eigenvalue weighted by atomic mass is 9.98. The Labute approximate surface area is 111 Å².